The molecule has 3 heterocycles. The van der Waals surface area contributed by atoms with Gasteiger partial charge >= 0.3 is 6.03 Å². The molecule has 1 spiro atoms. The van der Waals surface area contributed by atoms with Gasteiger partial charge in [-0.15, -0.1) is 0 Å². The number of nitrogens with zero attached hydrogens (tertiary/aromatic N) is 2. The maximum absolute atomic E-state index is 14.1. The number of urea groups is 1. The predicted molar refractivity (Wildman–Crippen MR) is 148 cm³/mol. The van der Waals surface area contributed by atoms with E-state index in [-0.39, 0.29) is 61.0 Å². The van der Waals surface area contributed by atoms with Crippen molar-refractivity contribution in [3.63, 3.8) is 0 Å². The van der Waals surface area contributed by atoms with Crippen LogP contribution in [-0.2, 0) is 19.2 Å². The van der Waals surface area contributed by atoms with Crippen molar-refractivity contribution in [1.29, 1.82) is 0 Å². The average molecular weight is 595 g/mol. The van der Waals surface area contributed by atoms with Gasteiger partial charge in [-0.1, -0.05) is 34.6 Å². The minimum absolute atomic E-state index is 0.0386. The fourth-order valence-electron chi connectivity index (χ4n) is 7.42. The number of nitrogens with one attached hydrogen (secondary N) is 3. The minimum atomic E-state index is -2.99. The topological polar surface area (TPSA) is 154 Å². The molecule has 42 heavy (non-hydrogen) atoms. The number of rotatable bonds is 7. The van der Waals surface area contributed by atoms with Crippen LogP contribution in [0.2, 0.25) is 0 Å². The lowest BCUT2D eigenvalue weighted by Gasteiger charge is -2.39. The van der Waals surface area contributed by atoms with Gasteiger partial charge in [0.25, 0.3) is 5.92 Å². The van der Waals surface area contributed by atoms with Crippen LogP contribution in [0.25, 0.3) is 0 Å². The molecule has 3 aliphatic heterocycles. The molecule has 2 saturated carbocycles. The van der Waals surface area contributed by atoms with Gasteiger partial charge in [0.1, 0.15) is 18.1 Å². The van der Waals surface area contributed by atoms with Crippen molar-refractivity contribution in [3.05, 3.63) is 0 Å². The summed E-state index contributed by atoms with van der Waals surface area (Å²) in [6, 6.07) is -3.82. The van der Waals surface area contributed by atoms with Gasteiger partial charge in [0, 0.05) is 31.0 Å². The maximum atomic E-state index is 14.1. The summed E-state index contributed by atoms with van der Waals surface area (Å²) < 4.78 is 28.0. The van der Waals surface area contributed by atoms with Gasteiger partial charge in [0.2, 0.25) is 23.6 Å². The van der Waals surface area contributed by atoms with E-state index >= 15 is 0 Å². The number of carbonyl (C=O) groups is 5. The summed E-state index contributed by atoms with van der Waals surface area (Å²) in [7, 11) is 0. The SMILES string of the molecule is CC(C)(C)[C@H](NC(=O)N1CCCC(F)(F)C1)C(=O)N1C[C@H]2[C@@H]([C@H]1C(=O)N[C@@H](C[C@@H]1CC3(CC3)NC1=O)C(N)=O)C2(C)C. The third-order valence-corrected chi connectivity index (χ3v) is 10.3. The molecule has 0 bridgehead atoms. The fraction of sp³-hybridized carbons (Fsp3) is 0.828. The largest absolute Gasteiger partial charge is 0.368 e. The van der Waals surface area contributed by atoms with Crippen molar-refractivity contribution in [2.75, 3.05) is 19.6 Å². The Bertz CT molecular complexity index is 1180. The van der Waals surface area contributed by atoms with E-state index in [1.165, 1.54) is 4.90 Å². The summed E-state index contributed by atoms with van der Waals surface area (Å²) in [6.45, 7) is 9.06. The van der Waals surface area contributed by atoms with Crippen molar-refractivity contribution in [3.8, 4) is 0 Å². The third-order valence-electron chi connectivity index (χ3n) is 10.3. The van der Waals surface area contributed by atoms with Crippen LogP contribution in [0, 0.1) is 28.6 Å². The number of carbonyl (C=O) groups excluding carboxylic acids is 5. The molecule has 5 fully saturated rings. The second kappa shape index (κ2) is 10.0. The molecule has 0 unspecified atom stereocenters. The predicted octanol–water partition coefficient (Wildman–Crippen LogP) is 1.35. The first-order valence-electron chi connectivity index (χ1n) is 15.0. The van der Waals surface area contributed by atoms with E-state index in [1.807, 2.05) is 13.8 Å². The van der Waals surface area contributed by atoms with Gasteiger partial charge < -0.3 is 31.5 Å². The van der Waals surface area contributed by atoms with Crippen LogP contribution in [0.3, 0.4) is 0 Å². The lowest BCUT2D eigenvalue weighted by atomic mass is 9.85. The third kappa shape index (κ3) is 5.67. The number of halogens is 2. The lowest BCUT2D eigenvalue weighted by Crippen LogP contribution is -2.62. The van der Waals surface area contributed by atoms with Gasteiger partial charge in [-0.25, -0.2) is 13.6 Å². The van der Waals surface area contributed by atoms with Gasteiger partial charge in [-0.3, -0.25) is 19.2 Å². The molecule has 5 rings (SSSR count). The highest BCUT2D eigenvalue weighted by atomic mass is 19.3. The summed E-state index contributed by atoms with van der Waals surface area (Å²) in [6.07, 6.45) is 2.32. The Kier molecular flexibility index (Phi) is 7.28. The second-order valence-electron chi connectivity index (χ2n) is 14.9. The van der Waals surface area contributed by atoms with E-state index in [0.29, 0.717) is 6.42 Å². The van der Waals surface area contributed by atoms with Crippen molar-refractivity contribution < 1.29 is 32.8 Å². The van der Waals surface area contributed by atoms with Crippen LogP contribution < -0.4 is 21.7 Å². The Balaban J connectivity index is 1.32. The van der Waals surface area contributed by atoms with Gasteiger partial charge in [-0.05, 0) is 54.8 Å². The zero-order chi connectivity index (χ0) is 31.0. The molecule has 0 aromatic heterocycles. The highest BCUT2D eigenvalue weighted by Crippen LogP contribution is 2.65. The first kappa shape index (κ1) is 30.5. The molecule has 2 aliphatic carbocycles. The van der Waals surface area contributed by atoms with E-state index in [0.717, 1.165) is 17.7 Å². The molecule has 11 nitrogen and oxygen atoms in total. The zero-order valence-electron chi connectivity index (χ0n) is 25.1. The summed E-state index contributed by atoms with van der Waals surface area (Å²) in [4.78, 5) is 68.4. The molecule has 6 amide bonds. The first-order chi connectivity index (χ1) is 19.4. The van der Waals surface area contributed by atoms with Crippen LogP contribution in [0.15, 0.2) is 0 Å². The number of hydrogen-bond donors (Lipinski definition) is 4. The van der Waals surface area contributed by atoms with Crippen LogP contribution in [0.4, 0.5) is 13.6 Å². The summed E-state index contributed by atoms with van der Waals surface area (Å²) in [5.41, 5.74) is 4.46. The van der Waals surface area contributed by atoms with E-state index in [9.17, 15) is 32.8 Å². The van der Waals surface area contributed by atoms with Crippen LogP contribution >= 0.6 is 0 Å². The van der Waals surface area contributed by atoms with Crippen molar-refractivity contribution >= 4 is 29.7 Å². The van der Waals surface area contributed by atoms with Crippen LogP contribution in [0.5, 0.6) is 0 Å². The smallest absolute Gasteiger partial charge is 0.318 e. The molecular weight excluding hydrogens is 550 g/mol. The molecule has 5 N–H and O–H groups in total. The molecule has 0 aromatic rings. The van der Waals surface area contributed by atoms with E-state index < -0.39 is 65.7 Å². The number of nitrogens with two attached hydrogens (primary N) is 1. The van der Waals surface area contributed by atoms with Crippen molar-refractivity contribution in [2.24, 2.45) is 34.3 Å². The molecule has 5 aliphatic rings. The van der Waals surface area contributed by atoms with Gasteiger partial charge in [0.05, 0.1) is 6.54 Å². The Hall–Kier alpha value is -2.99. The molecule has 13 heteroatoms. The monoisotopic (exact) mass is 594 g/mol. The molecule has 234 valence electrons. The number of alkyl halides is 2. The Labute approximate surface area is 245 Å². The molecule has 3 saturated heterocycles. The molecule has 0 radical (unpaired) electrons. The Morgan fingerprint density at radius 1 is 1.12 bits per heavy atom. The summed E-state index contributed by atoms with van der Waals surface area (Å²) >= 11 is 0. The highest BCUT2D eigenvalue weighted by Gasteiger charge is 2.70. The van der Waals surface area contributed by atoms with Gasteiger partial charge in [0.15, 0.2) is 0 Å². The number of primary amides is 1. The molecule has 6 atom stereocenters. The maximum Gasteiger partial charge on any atom is 0.318 e. The van der Waals surface area contributed by atoms with E-state index in [2.05, 4.69) is 16.0 Å². The standard InChI is InChI=1S/C29H44F2N6O5/c1-26(2,3)20(34-25(42)36-10-6-7-29(30,31)14-36)24(41)37-13-16-18(27(16,4)5)19(37)23(40)33-17(21(32)38)11-15-12-28(8-9-28)35-22(15)39/h15-20H,6-14H2,1-5H3,(H2,32,38)(H,33,40)(H,34,42)(H,35,39)/t15-,16+,17+,18+,19+,20-/m1/s1. The van der Waals surface area contributed by atoms with Crippen molar-refractivity contribution in [1.82, 2.24) is 25.8 Å². The fourth-order valence-corrected chi connectivity index (χ4v) is 7.42. The summed E-state index contributed by atoms with van der Waals surface area (Å²) in [5, 5.41) is 8.42. The number of hydrogen-bond acceptors (Lipinski definition) is 5. The molecular formula is C29H44F2N6O5. The number of amides is 6. The van der Waals surface area contributed by atoms with Crippen molar-refractivity contribution in [2.45, 2.75) is 103 Å². The Morgan fingerprint density at radius 3 is 2.33 bits per heavy atom. The minimum Gasteiger partial charge on any atom is -0.368 e. The first-order valence-corrected chi connectivity index (χ1v) is 15.0. The normalized spacial score (nSPS) is 31.5. The number of fused-ring (bicyclic) bond motifs is 1. The average Bonchev–Trinajstić information content (AvgIpc) is 3.59. The molecule has 0 aromatic carbocycles. The van der Waals surface area contributed by atoms with Gasteiger partial charge in [-0.2, -0.15) is 0 Å². The van der Waals surface area contributed by atoms with E-state index in [1.54, 1.807) is 20.8 Å². The highest BCUT2D eigenvalue weighted by molar-refractivity contribution is 5.96. The number of piperidine rings is 2. The zero-order valence-corrected chi connectivity index (χ0v) is 25.1. The number of likely N-dealkylation sites (tertiary alicyclic amines) is 2. The quantitative estimate of drug-likeness (QED) is 0.351. The van der Waals surface area contributed by atoms with Crippen LogP contribution in [0.1, 0.15) is 73.1 Å². The second-order valence-corrected chi connectivity index (χ2v) is 14.9. The lowest BCUT2D eigenvalue weighted by molar-refractivity contribution is -0.144. The van der Waals surface area contributed by atoms with E-state index in [4.69, 9.17) is 5.73 Å². The Morgan fingerprint density at radius 2 is 1.79 bits per heavy atom. The van der Waals surface area contributed by atoms with Crippen LogP contribution in [-0.4, -0.2) is 88.7 Å². The summed E-state index contributed by atoms with van der Waals surface area (Å²) in [5.74, 6) is -5.48.